The molecule has 0 spiro atoms. The minimum Gasteiger partial charge on any atom is -0.505 e. The van der Waals surface area contributed by atoms with Crippen molar-refractivity contribution in [2.45, 2.75) is 18.4 Å². The smallest absolute Gasteiger partial charge is 0.238 e. The van der Waals surface area contributed by atoms with Crippen molar-refractivity contribution in [1.29, 1.82) is 0 Å². The average molecular weight is 336 g/mol. The van der Waals surface area contributed by atoms with Gasteiger partial charge < -0.3 is 10.2 Å². The van der Waals surface area contributed by atoms with Gasteiger partial charge in [-0.15, -0.1) is 0 Å². The van der Waals surface area contributed by atoms with Gasteiger partial charge >= 0.3 is 0 Å². The molecule has 0 saturated carbocycles. The van der Waals surface area contributed by atoms with E-state index < -0.39 is 10.0 Å². The first kappa shape index (κ1) is 16.9. The fourth-order valence-electron chi connectivity index (χ4n) is 1.81. The molecule has 0 aliphatic rings. The van der Waals surface area contributed by atoms with Crippen LogP contribution in [0.1, 0.15) is 16.8 Å². The summed E-state index contributed by atoms with van der Waals surface area (Å²) in [5, 5.41) is 28.2. The average Bonchev–Trinajstić information content (AvgIpc) is 2.51. The molecule has 0 bridgehead atoms. The fourth-order valence-corrected chi connectivity index (χ4v) is 2.33. The summed E-state index contributed by atoms with van der Waals surface area (Å²) in [6.45, 7) is 1.35. The molecule has 0 saturated heterocycles. The van der Waals surface area contributed by atoms with E-state index in [-0.39, 0.29) is 17.3 Å². The maximum atomic E-state index is 11.2. The van der Waals surface area contributed by atoms with Gasteiger partial charge in [0, 0.05) is 17.3 Å². The number of sulfonamides is 1. The van der Waals surface area contributed by atoms with E-state index in [0.717, 1.165) is 0 Å². The van der Waals surface area contributed by atoms with E-state index in [0.29, 0.717) is 22.5 Å². The first-order valence-electron chi connectivity index (χ1n) is 6.53. The van der Waals surface area contributed by atoms with Gasteiger partial charge in [-0.25, -0.2) is 13.6 Å². The van der Waals surface area contributed by atoms with Crippen LogP contribution in [0, 0.1) is 6.92 Å². The molecule has 2 aromatic rings. The Hall–Kier alpha value is -2.49. The van der Waals surface area contributed by atoms with Crippen molar-refractivity contribution in [3.63, 3.8) is 0 Å². The van der Waals surface area contributed by atoms with Crippen LogP contribution < -0.4 is 10.6 Å². The number of aliphatic hydroxyl groups excluding tert-OH is 1. The van der Waals surface area contributed by atoms with Gasteiger partial charge in [0.1, 0.15) is 5.75 Å². The van der Waals surface area contributed by atoms with E-state index in [1.807, 2.05) is 0 Å². The number of aromatic hydroxyl groups is 1. The van der Waals surface area contributed by atoms with E-state index in [1.54, 1.807) is 6.92 Å². The molecule has 8 nitrogen and oxygen atoms in total. The summed E-state index contributed by atoms with van der Waals surface area (Å²) in [6, 6.07) is 5.70. The van der Waals surface area contributed by atoms with Crippen LogP contribution in [0.2, 0.25) is 0 Å². The second-order valence-electron chi connectivity index (χ2n) is 4.73. The number of nitrogens with two attached hydrogens (primary N) is 1. The van der Waals surface area contributed by atoms with E-state index in [4.69, 9.17) is 5.14 Å². The van der Waals surface area contributed by atoms with Gasteiger partial charge in [-0.1, -0.05) is 0 Å². The number of rotatable bonds is 5. The minimum absolute atomic E-state index is 0.00278. The van der Waals surface area contributed by atoms with E-state index in [2.05, 4.69) is 15.5 Å². The Kier molecular flexibility index (Phi) is 4.94. The topological polar surface area (TPSA) is 138 Å². The minimum atomic E-state index is -3.74. The van der Waals surface area contributed by atoms with E-state index in [9.17, 15) is 18.6 Å². The van der Waals surface area contributed by atoms with Crippen LogP contribution in [-0.2, 0) is 16.6 Å². The quantitative estimate of drug-likeness (QED) is 0.468. The van der Waals surface area contributed by atoms with Gasteiger partial charge in [0.25, 0.3) is 0 Å². The molecule has 1 aromatic carbocycles. The summed E-state index contributed by atoms with van der Waals surface area (Å²) in [5.74, 6) is -0.0633. The molecule has 0 radical (unpaired) electrons. The van der Waals surface area contributed by atoms with Crippen LogP contribution in [0.3, 0.4) is 0 Å². The third kappa shape index (κ3) is 4.03. The summed E-state index contributed by atoms with van der Waals surface area (Å²) < 4.78 is 22.3. The highest BCUT2D eigenvalue weighted by molar-refractivity contribution is 7.89. The zero-order valence-corrected chi connectivity index (χ0v) is 13.1. The summed E-state index contributed by atoms with van der Waals surface area (Å²) >= 11 is 0. The molecule has 1 aromatic heterocycles. The molecular weight excluding hydrogens is 320 g/mol. The van der Waals surface area contributed by atoms with Gasteiger partial charge in [-0.2, -0.15) is 5.10 Å². The summed E-state index contributed by atoms with van der Waals surface area (Å²) in [4.78, 5) is 3.95. The summed E-state index contributed by atoms with van der Waals surface area (Å²) in [7, 11) is -3.74. The zero-order chi connectivity index (χ0) is 17.0. The van der Waals surface area contributed by atoms with Crippen LogP contribution in [0.5, 0.6) is 5.75 Å². The first-order valence-corrected chi connectivity index (χ1v) is 8.08. The third-order valence-corrected chi connectivity index (χ3v) is 4.03. The van der Waals surface area contributed by atoms with Crippen LogP contribution in [-0.4, -0.2) is 29.8 Å². The monoisotopic (exact) mass is 336 g/mol. The van der Waals surface area contributed by atoms with Crippen LogP contribution in [0.25, 0.3) is 0 Å². The highest BCUT2D eigenvalue weighted by atomic mass is 32.2. The maximum absolute atomic E-state index is 11.2. The molecule has 5 N–H and O–H groups in total. The lowest BCUT2D eigenvalue weighted by molar-refractivity contribution is 0.280. The Bertz CT molecular complexity index is 833. The fraction of sp³-hybridized carbons (Fsp3) is 0.143. The van der Waals surface area contributed by atoms with Gasteiger partial charge in [-0.05, 0) is 31.2 Å². The molecular formula is C14H16N4O4S. The number of nitrogens with zero attached hydrogens (tertiary/aromatic N) is 2. The van der Waals surface area contributed by atoms with Crippen LogP contribution >= 0.6 is 0 Å². The van der Waals surface area contributed by atoms with Crippen molar-refractivity contribution in [2.24, 2.45) is 10.2 Å². The highest BCUT2D eigenvalue weighted by Gasteiger charge is 2.09. The molecule has 0 fully saturated rings. The number of benzene rings is 1. The molecule has 2 rings (SSSR count). The largest absolute Gasteiger partial charge is 0.505 e. The third-order valence-electron chi connectivity index (χ3n) is 3.10. The lowest BCUT2D eigenvalue weighted by atomic mass is 10.1. The number of hydrogen-bond acceptors (Lipinski definition) is 7. The molecule has 0 amide bonds. The van der Waals surface area contributed by atoms with Gasteiger partial charge in [0.05, 0.1) is 29.1 Å². The van der Waals surface area contributed by atoms with Crippen molar-refractivity contribution < 1.29 is 18.6 Å². The van der Waals surface area contributed by atoms with Crippen molar-refractivity contribution >= 4 is 21.9 Å². The first-order chi connectivity index (χ1) is 10.8. The SMILES string of the molecule is Cc1ncc(CO)c(C=NNc2ccc(S(N)(=O)=O)cc2)c1O. The van der Waals surface area contributed by atoms with Crippen molar-refractivity contribution in [3.05, 3.63) is 47.3 Å². The molecule has 122 valence electrons. The lowest BCUT2D eigenvalue weighted by Crippen LogP contribution is -2.11. The molecule has 9 heteroatoms. The molecule has 0 aliphatic heterocycles. The second-order valence-corrected chi connectivity index (χ2v) is 6.29. The number of nitrogens with one attached hydrogen (secondary N) is 1. The number of hydrazone groups is 1. The number of aliphatic hydroxyl groups is 1. The number of primary sulfonamides is 1. The molecule has 0 atom stereocenters. The Labute approximate surface area is 133 Å². The van der Waals surface area contributed by atoms with E-state index in [1.165, 1.54) is 36.7 Å². The molecule has 0 unspecified atom stereocenters. The molecule has 1 heterocycles. The number of hydrogen-bond donors (Lipinski definition) is 4. The predicted molar refractivity (Wildman–Crippen MR) is 85.6 cm³/mol. The van der Waals surface area contributed by atoms with Crippen LogP contribution in [0.15, 0.2) is 40.5 Å². The van der Waals surface area contributed by atoms with E-state index >= 15 is 0 Å². The number of pyridine rings is 1. The Morgan fingerprint density at radius 3 is 2.57 bits per heavy atom. The number of anilines is 1. The Balaban J connectivity index is 2.18. The van der Waals surface area contributed by atoms with Crippen molar-refractivity contribution in [1.82, 2.24) is 4.98 Å². The molecule has 23 heavy (non-hydrogen) atoms. The Morgan fingerprint density at radius 2 is 2.00 bits per heavy atom. The molecule has 0 aliphatic carbocycles. The van der Waals surface area contributed by atoms with Gasteiger partial charge in [-0.3, -0.25) is 10.4 Å². The normalized spacial score (nSPS) is 11.8. The van der Waals surface area contributed by atoms with Crippen molar-refractivity contribution in [2.75, 3.05) is 5.43 Å². The summed E-state index contributed by atoms with van der Waals surface area (Å²) in [6.07, 6.45) is 2.81. The lowest BCUT2D eigenvalue weighted by Gasteiger charge is -2.07. The van der Waals surface area contributed by atoms with Crippen molar-refractivity contribution in [3.8, 4) is 5.75 Å². The summed E-state index contributed by atoms with van der Waals surface area (Å²) in [5.41, 5.74) is 4.43. The standard InChI is InChI=1S/C14H16N4O4S/c1-9-14(20)13(10(8-19)6-16-9)7-17-18-11-2-4-12(5-3-11)23(15,21)22/h2-7,18-20H,8H2,1H3,(H2,15,21,22). The maximum Gasteiger partial charge on any atom is 0.238 e. The number of aryl methyl sites for hydroxylation is 1. The second kappa shape index (κ2) is 6.73. The van der Waals surface area contributed by atoms with Gasteiger partial charge in [0.2, 0.25) is 10.0 Å². The van der Waals surface area contributed by atoms with Gasteiger partial charge in [0.15, 0.2) is 0 Å². The highest BCUT2D eigenvalue weighted by Crippen LogP contribution is 2.22. The Morgan fingerprint density at radius 1 is 1.35 bits per heavy atom. The number of aromatic nitrogens is 1. The van der Waals surface area contributed by atoms with Crippen LogP contribution in [0.4, 0.5) is 5.69 Å². The predicted octanol–water partition coefficient (Wildman–Crippen LogP) is 0.681. The zero-order valence-electron chi connectivity index (χ0n) is 12.3.